The molecule has 4 heteroatoms. The van der Waals surface area contributed by atoms with Crippen LogP contribution in [0.2, 0.25) is 0 Å². The molecule has 1 aromatic rings. The highest BCUT2D eigenvalue weighted by Crippen LogP contribution is 2.22. The molecule has 110 valence electrons. The van der Waals surface area contributed by atoms with Gasteiger partial charge in [-0.3, -0.25) is 9.69 Å². The highest BCUT2D eigenvalue weighted by molar-refractivity contribution is 5.78. The van der Waals surface area contributed by atoms with Crippen molar-refractivity contribution in [2.24, 2.45) is 5.92 Å². The fourth-order valence-corrected chi connectivity index (χ4v) is 2.73. The zero-order valence-electron chi connectivity index (χ0n) is 12.3. The van der Waals surface area contributed by atoms with Gasteiger partial charge in [0.25, 0.3) is 0 Å². The van der Waals surface area contributed by atoms with Crippen LogP contribution in [0, 0.1) is 12.8 Å². The van der Waals surface area contributed by atoms with Gasteiger partial charge in [0.05, 0.1) is 13.2 Å². The van der Waals surface area contributed by atoms with E-state index in [0.29, 0.717) is 19.0 Å². The summed E-state index contributed by atoms with van der Waals surface area (Å²) in [5, 5.41) is 12.3. The first-order valence-corrected chi connectivity index (χ1v) is 7.27. The van der Waals surface area contributed by atoms with Crippen LogP contribution >= 0.6 is 0 Å². The maximum absolute atomic E-state index is 12.0. The summed E-state index contributed by atoms with van der Waals surface area (Å²) >= 11 is 0. The molecule has 1 fully saturated rings. The zero-order chi connectivity index (χ0) is 14.5. The van der Waals surface area contributed by atoms with E-state index in [1.165, 1.54) is 5.56 Å². The van der Waals surface area contributed by atoms with E-state index in [1.807, 2.05) is 31.2 Å². The number of carbonyl (C=O) groups is 1. The SMILES string of the molecule is Cc1ccc(CNC(=O)CN2CCC(C)C2CO)cc1. The smallest absolute Gasteiger partial charge is 0.234 e. The first kappa shape index (κ1) is 15.0. The number of aliphatic hydroxyl groups is 1. The zero-order valence-corrected chi connectivity index (χ0v) is 12.3. The summed E-state index contributed by atoms with van der Waals surface area (Å²) in [7, 11) is 0. The molecule has 0 spiro atoms. The monoisotopic (exact) mass is 276 g/mol. The molecule has 0 saturated carbocycles. The molecule has 0 bridgehead atoms. The van der Waals surface area contributed by atoms with Crippen LogP contribution in [0.25, 0.3) is 0 Å². The highest BCUT2D eigenvalue weighted by atomic mass is 16.3. The van der Waals surface area contributed by atoms with Crippen molar-refractivity contribution in [3.63, 3.8) is 0 Å². The Morgan fingerprint density at radius 1 is 1.40 bits per heavy atom. The molecule has 0 radical (unpaired) electrons. The lowest BCUT2D eigenvalue weighted by Gasteiger charge is -2.24. The molecule has 2 atom stereocenters. The lowest BCUT2D eigenvalue weighted by atomic mass is 10.0. The topological polar surface area (TPSA) is 52.6 Å². The van der Waals surface area contributed by atoms with E-state index >= 15 is 0 Å². The van der Waals surface area contributed by atoms with Crippen LogP contribution in [-0.4, -0.2) is 41.7 Å². The van der Waals surface area contributed by atoms with Gasteiger partial charge in [0.1, 0.15) is 0 Å². The number of hydrogen-bond donors (Lipinski definition) is 2. The maximum Gasteiger partial charge on any atom is 0.234 e. The van der Waals surface area contributed by atoms with Gasteiger partial charge in [-0.25, -0.2) is 0 Å². The number of benzene rings is 1. The van der Waals surface area contributed by atoms with Gasteiger partial charge in [0.15, 0.2) is 0 Å². The molecular weight excluding hydrogens is 252 g/mol. The van der Waals surface area contributed by atoms with E-state index in [-0.39, 0.29) is 18.6 Å². The van der Waals surface area contributed by atoms with Crippen LogP contribution in [-0.2, 0) is 11.3 Å². The minimum Gasteiger partial charge on any atom is -0.395 e. The van der Waals surface area contributed by atoms with Gasteiger partial charge in [-0.05, 0) is 31.4 Å². The van der Waals surface area contributed by atoms with Crippen LogP contribution in [0.5, 0.6) is 0 Å². The highest BCUT2D eigenvalue weighted by Gasteiger charge is 2.31. The summed E-state index contributed by atoms with van der Waals surface area (Å²) in [4.78, 5) is 14.1. The molecule has 1 heterocycles. The van der Waals surface area contributed by atoms with Gasteiger partial charge in [0, 0.05) is 12.6 Å². The molecule has 2 N–H and O–H groups in total. The van der Waals surface area contributed by atoms with E-state index in [2.05, 4.69) is 17.1 Å². The van der Waals surface area contributed by atoms with Gasteiger partial charge >= 0.3 is 0 Å². The van der Waals surface area contributed by atoms with Gasteiger partial charge in [-0.2, -0.15) is 0 Å². The molecule has 1 amide bonds. The minimum absolute atomic E-state index is 0.0260. The second kappa shape index (κ2) is 6.86. The van der Waals surface area contributed by atoms with Crippen LogP contribution in [0.3, 0.4) is 0 Å². The summed E-state index contributed by atoms with van der Waals surface area (Å²) in [5.41, 5.74) is 2.33. The fourth-order valence-electron chi connectivity index (χ4n) is 2.73. The summed E-state index contributed by atoms with van der Waals surface area (Å²) in [6.45, 7) is 6.14. The molecule has 4 nitrogen and oxygen atoms in total. The van der Waals surface area contributed by atoms with Gasteiger partial charge in [-0.15, -0.1) is 0 Å². The third-order valence-corrected chi connectivity index (χ3v) is 4.14. The van der Waals surface area contributed by atoms with Crippen LogP contribution in [0.4, 0.5) is 0 Å². The lowest BCUT2D eigenvalue weighted by Crippen LogP contribution is -2.42. The predicted molar refractivity (Wildman–Crippen MR) is 79.3 cm³/mol. The molecule has 2 rings (SSSR count). The molecule has 0 aromatic heterocycles. The number of likely N-dealkylation sites (tertiary alicyclic amines) is 1. The van der Waals surface area contributed by atoms with E-state index in [4.69, 9.17) is 0 Å². The summed E-state index contributed by atoms with van der Waals surface area (Å²) in [5.74, 6) is 0.489. The first-order valence-electron chi connectivity index (χ1n) is 7.27. The van der Waals surface area contributed by atoms with Crippen molar-refractivity contribution in [3.05, 3.63) is 35.4 Å². The average Bonchev–Trinajstić information content (AvgIpc) is 2.78. The third-order valence-electron chi connectivity index (χ3n) is 4.14. The lowest BCUT2D eigenvalue weighted by molar-refractivity contribution is -0.122. The third kappa shape index (κ3) is 3.81. The first-order chi connectivity index (χ1) is 9.60. The summed E-state index contributed by atoms with van der Waals surface area (Å²) in [6, 6.07) is 8.28. The van der Waals surface area contributed by atoms with Gasteiger partial charge < -0.3 is 10.4 Å². The van der Waals surface area contributed by atoms with Crippen molar-refractivity contribution in [2.45, 2.75) is 32.9 Å². The second-order valence-electron chi connectivity index (χ2n) is 5.75. The van der Waals surface area contributed by atoms with E-state index in [1.54, 1.807) is 0 Å². The largest absolute Gasteiger partial charge is 0.395 e. The van der Waals surface area contributed by atoms with Crippen LogP contribution in [0.15, 0.2) is 24.3 Å². The van der Waals surface area contributed by atoms with Crippen molar-refractivity contribution in [2.75, 3.05) is 19.7 Å². The van der Waals surface area contributed by atoms with E-state index in [0.717, 1.165) is 18.5 Å². The number of aliphatic hydroxyl groups excluding tert-OH is 1. The number of amides is 1. The number of hydrogen-bond acceptors (Lipinski definition) is 3. The molecule has 1 aliphatic rings. The number of nitrogens with zero attached hydrogens (tertiary/aromatic N) is 1. The van der Waals surface area contributed by atoms with Crippen molar-refractivity contribution in [1.29, 1.82) is 0 Å². The number of rotatable bonds is 5. The summed E-state index contributed by atoms with van der Waals surface area (Å²) in [6.07, 6.45) is 1.05. The fraction of sp³-hybridized carbons (Fsp3) is 0.562. The minimum atomic E-state index is 0.0260. The Hall–Kier alpha value is -1.39. The van der Waals surface area contributed by atoms with Gasteiger partial charge in [-0.1, -0.05) is 36.8 Å². The molecule has 20 heavy (non-hydrogen) atoms. The molecule has 1 aliphatic heterocycles. The Morgan fingerprint density at radius 3 is 2.75 bits per heavy atom. The number of carbonyl (C=O) groups excluding carboxylic acids is 1. The van der Waals surface area contributed by atoms with Crippen molar-refractivity contribution >= 4 is 5.91 Å². The summed E-state index contributed by atoms with van der Waals surface area (Å²) < 4.78 is 0. The van der Waals surface area contributed by atoms with Crippen molar-refractivity contribution in [1.82, 2.24) is 10.2 Å². The second-order valence-corrected chi connectivity index (χ2v) is 5.75. The van der Waals surface area contributed by atoms with Crippen molar-refractivity contribution in [3.8, 4) is 0 Å². The Balaban J connectivity index is 1.79. The van der Waals surface area contributed by atoms with Gasteiger partial charge in [0.2, 0.25) is 5.91 Å². The van der Waals surface area contributed by atoms with Crippen molar-refractivity contribution < 1.29 is 9.90 Å². The predicted octanol–water partition coefficient (Wildman–Crippen LogP) is 1.31. The van der Waals surface area contributed by atoms with E-state index in [9.17, 15) is 9.90 Å². The molecule has 1 aromatic carbocycles. The standard InChI is InChI=1S/C16H24N2O2/c1-12-3-5-14(6-4-12)9-17-16(20)10-18-8-7-13(2)15(18)11-19/h3-6,13,15,19H,7-11H2,1-2H3,(H,17,20). The number of nitrogens with one attached hydrogen (secondary N) is 1. The number of aryl methyl sites for hydroxylation is 1. The molecular formula is C16H24N2O2. The van der Waals surface area contributed by atoms with Crippen LogP contribution < -0.4 is 5.32 Å². The molecule has 0 aliphatic carbocycles. The Bertz CT molecular complexity index is 444. The Labute approximate surface area is 120 Å². The Kier molecular flexibility index (Phi) is 5.15. The van der Waals surface area contributed by atoms with Crippen LogP contribution in [0.1, 0.15) is 24.5 Å². The normalized spacial score (nSPS) is 22.9. The molecule has 1 saturated heterocycles. The maximum atomic E-state index is 12.0. The Morgan fingerprint density at radius 2 is 2.10 bits per heavy atom. The average molecular weight is 276 g/mol. The van der Waals surface area contributed by atoms with E-state index < -0.39 is 0 Å². The molecule has 2 unspecified atom stereocenters. The quantitative estimate of drug-likeness (QED) is 0.852.